The van der Waals surface area contributed by atoms with Crippen molar-refractivity contribution in [2.75, 3.05) is 30.4 Å². The van der Waals surface area contributed by atoms with Gasteiger partial charge < -0.3 is 19.8 Å². The van der Waals surface area contributed by atoms with Crippen molar-refractivity contribution < 1.29 is 23.5 Å². The van der Waals surface area contributed by atoms with Gasteiger partial charge in [0.1, 0.15) is 11.8 Å². The molecule has 0 saturated carbocycles. The van der Waals surface area contributed by atoms with E-state index in [2.05, 4.69) is 22.5 Å². The molecule has 6 rings (SSSR count). The van der Waals surface area contributed by atoms with Gasteiger partial charge in [0.15, 0.2) is 5.78 Å². The number of rotatable bonds is 19. The molecule has 58 heavy (non-hydrogen) atoms. The van der Waals surface area contributed by atoms with Crippen molar-refractivity contribution in [3.8, 4) is 22.6 Å². The fraction of sp³-hybridized carbons (Fsp3) is 0.265. The zero-order valence-electron chi connectivity index (χ0n) is 33.6. The van der Waals surface area contributed by atoms with Crippen LogP contribution < -0.4 is 15.5 Å². The molecule has 1 atom stereocenters. The fourth-order valence-corrected chi connectivity index (χ4v) is 6.77. The van der Waals surface area contributed by atoms with Gasteiger partial charge in [-0.3, -0.25) is 9.69 Å². The van der Waals surface area contributed by atoms with Crippen LogP contribution in [-0.4, -0.2) is 49.0 Å². The summed E-state index contributed by atoms with van der Waals surface area (Å²) in [6.07, 6.45) is 6.37. The van der Waals surface area contributed by atoms with Gasteiger partial charge in [0.05, 0.1) is 12.3 Å². The number of carbonyl (C=O) groups excluding carboxylic acids is 3. The SMILES string of the molecule is CCCCCCCNC(=O)N(C)c1cccc(-c2ccc(C[C@H](Nc3ccccc3C(=O)c3ccccc3)C(=O)OCCc3nc(-c4ccccc4)oc3C)cc2)c1. The second-order valence-corrected chi connectivity index (χ2v) is 14.4. The summed E-state index contributed by atoms with van der Waals surface area (Å²) in [5, 5.41) is 6.40. The first-order valence-corrected chi connectivity index (χ1v) is 20.1. The number of oxazole rings is 1. The summed E-state index contributed by atoms with van der Waals surface area (Å²) >= 11 is 0. The number of aryl methyl sites for hydroxylation is 1. The van der Waals surface area contributed by atoms with E-state index in [0.29, 0.717) is 47.9 Å². The van der Waals surface area contributed by atoms with Crippen LogP contribution in [0.1, 0.15) is 72.0 Å². The van der Waals surface area contributed by atoms with Crippen molar-refractivity contribution >= 4 is 29.2 Å². The number of amides is 2. The zero-order chi connectivity index (χ0) is 40.7. The van der Waals surface area contributed by atoms with Crippen LogP contribution in [0.3, 0.4) is 0 Å². The van der Waals surface area contributed by atoms with E-state index in [1.165, 1.54) is 19.3 Å². The van der Waals surface area contributed by atoms with E-state index < -0.39 is 12.0 Å². The van der Waals surface area contributed by atoms with Crippen molar-refractivity contribution in [2.24, 2.45) is 0 Å². The predicted molar refractivity (Wildman–Crippen MR) is 231 cm³/mol. The summed E-state index contributed by atoms with van der Waals surface area (Å²) in [6.45, 7) is 4.80. The van der Waals surface area contributed by atoms with Gasteiger partial charge in [-0.25, -0.2) is 14.6 Å². The maximum absolute atomic E-state index is 13.9. The molecule has 0 aliphatic heterocycles. The summed E-state index contributed by atoms with van der Waals surface area (Å²) in [4.78, 5) is 46.7. The lowest BCUT2D eigenvalue weighted by atomic mass is 9.98. The molecule has 0 unspecified atom stereocenters. The Hall–Kier alpha value is -6.48. The molecule has 2 amide bonds. The van der Waals surface area contributed by atoms with Crippen molar-refractivity contribution in [3.05, 3.63) is 162 Å². The number of carbonyl (C=O) groups is 3. The van der Waals surface area contributed by atoms with Crippen LogP contribution >= 0.6 is 0 Å². The van der Waals surface area contributed by atoms with Crippen LogP contribution in [0.4, 0.5) is 16.2 Å². The third-order valence-corrected chi connectivity index (χ3v) is 10.1. The average molecular weight is 777 g/mol. The number of hydrogen-bond donors (Lipinski definition) is 2. The van der Waals surface area contributed by atoms with Crippen LogP contribution in [-0.2, 0) is 22.4 Å². The number of ketones is 1. The third-order valence-electron chi connectivity index (χ3n) is 10.1. The van der Waals surface area contributed by atoms with Gasteiger partial charge in [-0.15, -0.1) is 0 Å². The highest BCUT2D eigenvalue weighted by molar-refractivity contribution is 6.12. The number of anilines is 2. The smallest absolute Gasteiger partial charge is 0.328 e. The lowest BCUT2D eigenvalue weighted by Crippen LogP contribution is -2.37. The van der Waals surface area contributed by atoms with Gasteiger partial charge in [-0.1, -0.05) is 130 Å². The van der Waals surface area contributed by atoms with E-state index in [-0.39, 0.29) is 18.4 Å². The number of benzene rings is 5. The standard InChI is InChI=1S/C49H52N4O5/c1-4-5-6-7-16-31-50-49(56)53(3)41-23-17-22-40(34-41)37-28-26-36(27-29-37)33-45(51-44-25-15-14-24-42(44)46(54)38-18-10-8-11-19-38)48(55)57-32-30-43-35(2)58-47(52-43)39-20-12-9-13-21-39/h8-15,17-29,34,45,51H,4-7,16,30-33H2,1-3H3,(H,50,56)/t45-/m0/s1. The number of para-hydroxylation sites is 1. The normalized spacial score (nSPS) is 11.4. The summed E-state index contributed by atoms with van der Waals surface area (Å²) in [7, 11) is 1.78. The first kappa shape index (κ1) is 41.2. The van der Waals surface area contributed by atoms with Crippen molar-refractivity contribution in [1.29, 1.82) is 0 Å². The third kappa shape index (κ3) is 11.1. The molecule has 298 valence electrons. The zero-order valence-corrected chi connectivity index (χ0v) is 33.6. The van der Waals surface area contributed by atoms with Crippen molar-refractivity contribution in [1.82, 2.24) is 10.3 Å². The highest BCUT2D eigenvalue weighted by Gasteiger charge is 2.24. The Kier molecular flexibility index (Phi) is 14.6. The number of unbranched alkanes of at least 4 members (excludes halogenated alkanes) is 4. The number of esters is 1. The van der Waals surface area contributed by atoms with Crippen LogP contribution in [0.25, 0.3) is 22.6 Å². The number of hydrogen-bond acceptors (Lipinski definition) is 7. The van der Waals surface area contributed by atoms with Gasteiger partial charge >= 0.3 is 12.0 Å². The molecular weight excluding hydrogens is 725 g/mol. The molecule has 0 aliphatic rings. The Balaban J connectivity index is 1.16. The van der Waals surface area contributed by atoms with E-state index in [1.54, 1.807) is 36.2 Å². The predicted octanol–water partition coefficient (Wildman–Crippen LogP) is 10.5. The Bertz CT molecular complexity index is 2250. The molecule has 6 aromatic rings. The van der Waals surface area contributed by atoms with Gasteiger partial charge in [-0.05, 0) is 66.4 Å². The molecule has 9 heteroatoms. The largest absolute Gasteiger partial charge is 0.464 e. The van der Waals surface area contributed by atoms with Crippen molar-refractivity contribution in [3.63, 3.8) is 0 Å². The highest BCUT2D eigenvalue weighted by atomic mass is 16.5. The molecule has 1 heterocycles. The van der Waals surface area contributed by atoms with E-state index in [0.717, 1.165) is 46.5 Å². The number of ether oxygens (including phenoxy) is 1. The number of urea groups is 1. The van der Waals surface area contributed by atoms with E-state index in [9.17, 15) is 14.4 Å². The molecule has 0 radical (unpaired) electrons. The molecule has 0 saturated heterocycles. The first-order valence-electron chi connectivity index (χ1n) is 20.1. The molecule has 0 spiro atoms. The second kappa shape index (κ2) is 20.6. The molecule has 1 aromatic heterocycles. The first-order chi connectivity index (χ1) is 28.3. The van der Waals surface area contributed by atoms with Crippen LogP contribution in [0, 0.1) is 6.92 Å². The van der Waals surface area contributed by atoms with Gasteiger partial charge in [-0.2, -0.15) is 0 Å². The lowest BCUT2D eigenvalue weighted by Gasteiger charge is -2.21. The minimum atomic E-state index is -0.809. The second-order valence-electron chi connectivity index (χ2n) is 14.4. The highest BCUT2D eigenvalue weighted by Crippen LogP contribution is 2.27. The molecule has 9 nitrogen and oxygen atoms in total. The molecule has 0 bridgehead atoms. The van der Waals surface area contributed by atoms with Crippen LogP contribution in [0.2, 0.25) is 0 Å². The molecule has 0 aliphatic carbocycles. The van der Waals surface area contributed by atoms with Gasteiger partial charge in [0, 0.05) is 54.5 Å². The lowest BCUT2D eigenvalue weighted by molar-refractivity contribution is -0.144. The molecule has 5 aromatic carbocycles. The monoisotopic (exact) mass is 776 g/mol. The topological polar surface area (TPSA) is 114 Å². The minimum absolute atomic E-state index is 0.101. The Morgan fingerprint density at radius 2 is 1.45 bits per heavy atom. The Morgan fingerprint density at radius 3 is 2.21 bits per heavy atom. The molecular formula is C49H52N4O5. The maximum Gasteiger partial charge on any atom is 0.328 e. The van der Waals surface area contributed by atoms with Crippen LogP contribution in [0.5, 0.6) is 0 Å². The quantitative estimate of drug-likeness (QED) is 0.0478. The summed E-state index contributed by atoms with van der Waals surface area (Å²) < 4.78 is 11.8. The summed E-state index contributed by atoms with van der Waals surface area (Å²) in [5.41, 5.74) is 6.77. The van der Waals surface area contributed by atoms with Gasteiger partial charge in [0.25, 0.3) is 0 Å². The van der Waals surface area contributed by atoms with E-state index >= 15 is 0 Å². The maximum atomic E-state index is 13.9. The summed E-state index contributed by atoms with van der Waals surface area (Å²) in [6, 6.07) is 40.9. The van der Waals surface area contributed by atoms with Crippen molar-refractivity contribution in [2.45, 2.75) is 64.8 Å². The minimum Gasteiger partial charge on any atom is -0.464 e. The fourth-order valence-electron chi connectivity index (χ4n) is 6.77. The number of nitrogens with one attached hydrogen (secondary N) is 2. The summed E-state index contributed by atoms with van der Waals surface area (Å²) in [5.74, 6) is 0.593. The van der Waals surface area contributed by atoms with Gasteiger partial charge in [0.2, 0.25) is 5.89 Å². The Labute approximate surface area is 341 Å². The Morgan fingerprint density at radius 1 is 0.759 bits per heavy atom. The van der Waals surface area contributed by atoms with E-state index in [4.69, 9.17) is 9.15 Å². The molecule has 0 fully saturated rings. The number of aromatic nitrogens is 1. The van der Waals surface area contributed by atoms with E-state index in [1.807, 2.05) is 116 Å². The number of nitrogens with zero attached hydrogens (tertiary/aromatic N) is 2. The molecule has 2 N–H and O–H groups in total. The average Bonchev–Trinajstić information content (AvgIpc) is 3.64. The van der Waals surface area contributed by atoms with Crippen LogP contribution in [0.15, 0.2) is 138 Å².